The molecule has 9 nitrogen and oxygen atoms in total. The lowest BCUT2D eigenvalue weighted by Crippen LogP contribution is -2.17. The molecule has 0 fully saturated rings. The Morgan fingerprint density at radius 3 is 2.73 bits per heavy atom. The predicted molar refractivity (Wildman–Crippen MR) is 109 cm³/mol. The molecule has 0 aliphatic rings. The summed E-state index contributed by atoms with van der Waals surface area (Å²) in [6, 6.07) is 8.78. The molecule has 0 saturated carbocycles. The number of amides is 1. The number of nitrogens with zero attached hydrogens (tertiary/aromatic N) is 5. The lowest BCUT2D eigenvalue weighted by Gasteiger charge is -2.09. The Bertz CT molecular complexity index is 1280. The molecule has 0 bridgehead atoms. The Hall–Kier alpha value is -4.22. The zero-order valence-corrected chi connectivity index (χ0v) is 17.4. The van der Waals surface area contributed by atoms with Crippen LogP contribution in [0.15, 0.2) is 53.3 Å². The predicted octanol–water partition coefficient (Wildman–Crippen LogP) is 3.49. The third-order valence-corrected chi connectivity index (χ3v) is 4.75. The van der Waals surface area contributed by atoms with Crippen molar-refractivity contribution in [3.05, 3.63) is 65.6 Å². The van der Waals surface area contributed by atoms with E-state index in [4.69, 9.17) is 9.26 Å². The zero-order chi connectivity index (χ0) is 23.6. The molecule has 4 aromatic rings. The molecule has 0 aliphatic carbocycles. The van der Waals surface area contributed by atoms with Crippen molar-refractivity contribution in [1.82, 2.24) is 30.2 Å². The summed E-state index contributed by atoms with van der Waals surface area (Å²) in [6.45, 7) is -0.0476. The smallest absolute Gasteiger partial charge is 0.417 e. The number of pyridine rings is 1. The summed E-state index contributed by atoms with van der Waals surface area (Å²) < 4.78 is 50.5. The molecule has 0 radical (unpaired) electrons. The van der Waals surface area contributed by atoms with E-state index in [1.165, 1.54) is 17.9 Å². The fourth-order valence-electron chi connectivity index (χ4n) is 2.98. The SMILES string of the molecule is CNC(=O)c1cccc(-c2noc(-c3cnn(C)c3COc3ccc(C(F)(F)F)cn3)n2)c1. The minimum absolute atomic E-state index is 0.0207. The van der Waals surface area contributed by atoms with E-state index in [1.54, 1.807) is 31.3 Å². The van der Waals surface area contributed by atoms with Gasteiger partial charge in [-0.25, -0.2) is 4.98 Å². The second-order valence-electron chi connectivity index (χ2n) is 6.88. The van der Waals surface area contributed by atoms with Crippen LogP contribution in [0.4, 0.5) is 13.2 Å². The number of carbonyl (C=O) groups excluding carboxylic acids is 1. The van der Waals surface area contributed by atoms with Crippen molar-refractivity contribution in [2.45, 2.75) is 12.8 Å². The van der Waals surface area contributed by atoms with E-state index in [0.717, 1.165) is 12.1 Å². The number of hydrogen-bond acceptors (Lipinski definition) is 7. The number of alkyl halides is 3. The lowest BCUT2D eigenvalue weighted by molar-refractivity contribution is -0.137. The van der Waals surface area contributed by atoms with E-state index < -0.39 is 11.7 Å². The lowest BCUT2D eigenvalue weighted by atomic mass is 10.1. The first kappa shape index (κ1) is 22.0. The van der Waals surface area contributed by atoms with Gasteiger partial charge >= 0.3 is 6.18 Å². The highest BCUT2D eigenvalue weighted by atomic mass is 19.4. The number of aromatic nitrogens is 5. The average molecular weight is 458 g/mol. The maximum absolute atomic E-state index is 12.7. The Morgan fingerprint density at radius 1 is 1.21 bits per heavy atom. The summed E-state index contributed by atoms with van der Waals surface area (Å²) in [5.74, 6) is 0.217. The van der Waals surface area contributed by atoms with Gasteiger partial charge in [0.15, 0.2) is 0 Å². The second kappa shape index (κ2) is 8.73. The van der Waals surface area contributed by atoms with Crippen molar-refractivity contribution in [3.63, 3.8) is 0 Å². The molecule has 0 atom stereocenters. The molecular formula is C21H17F3N6O3. The van der Waals surface area contributed by atoms with Gasteiger partial charge in [0.2, 0.25) is 11.7 Å². The summed E-state index contributed by atoms with van der Waals surface area (Å²) in [4.78, 5) is 19.9. The number of rotatable bonds is 6. The molecule has 0 aliphatic heterocycles. The minimum Gasteiger partial charge on any atom is -0.471 e. The highest BCUT2D eigenvalue weighted by Gasteiger charge is 2.30. The van der Waals surface area contributed by atoms with Crippen molar-refractivity contribution in [3.8, 4) is 28.7 Å². The summed E-state index contributed by atoms with van der Waals surface area (Å²) in [7, 11) is 3.21. The molecule has 0 unspecified atom stereocenters. The number of halogens is 3. The quantitative estimate of drug-likeness (QED) is 0.471. The molecule has 3 aromatic heterocycles. The average Bonchev–Trinajstić information content (AvgIpc) is 3.43. The van der Waals surface area contributed by atoms with Crippen LogP contribution >= 0.6 is 0 Å². The fourth-order valence-corrected chi connectivity index (χ4v) is 2.98. The Kier molecular flexibility index (Phi) is 5.82. The van der Waals surface area contributed by atoms with Gasteiger partial charge in [0.1, 0.15) is 6.61 Å². The fraction of sp³-hybridized carbons (Fsp3) is 0.190. The Morgan fingerprint density at radius 2 is 2.03 bits per heavy atom. The highest BCUT2D eigenvalue weighted by Crippen LogP contribution is 2.30. The van der Waals surface area contributed by atoms with Crippen molar-refractivity contribution in [2.24, 2.45) is 7.05 Å². The van der Waals surface area contributed by atoms with Crippen molar-refractivity contribution in [1.29, 1.82) is 0 Å². The van der Waals surface area contributed by atoms with Crippen molar-refractivity contribution < 1.29 is 27.2 Å². The van der Waals surface area contributed by atoms with Gasteiger partial charge in [-0.15, -0.1) is 0 Å². The molecule has 0 spiro atoms. The minimum atomic E-state index is -4.48. The van der Waals surface area contributed by atoms with Gasteiger partial charge in [0, 0.05) is 37.5 Å². The standard InChI is InChI=1S/C21H17F3N6O3/c1-25-19(31)13-5-3-4-12(8-13)18-28-20(33-29-18)15-10-27-30(2)16(15)11-32-17-7-6-14(9-26-17)21(22,23)24/h3-10H,11H2,1-2H3,(H,25,31). The number of benzene rings is 1. The monoisotopic (exact) mass is 458 g/mol. The Balaban J connectivity index is 1.54. The Labute approximate surface area is 185 Å². The number of ether oxygens (including phenoxy) is 1. The molecule has 1 N–H and O–H groups in total. The van der Waals surface area contributed by atoms with E-state index in [1.807, 2.05) is 0 Å². The van der Waals surface area contributed by atoms with Gasteiger partial charge in [-0.3, -0.25) is 9.48 Å². The normalized spacial score (nSPS) is 11.4. The van der Waals surface area contributed by atoms with Crippen LogP contribution in [0.2, 0.25) is 0 Å². The molecule has 1 aromatic carbocycles. The number of hydrogen-bond donors (Lipinski definition) is 1. The van der Waals surface area contributed by atoms with Gasteiger partial charge in [0.05, 0.1) is 23.0 Å². The second-order valence-corrected chi connectivity index (χ2v) is 6.88. The molecule has 0 saturated heterocycles. The van der Waals surface area contributed by atoms with Gasteiger partial charge in [-0.2, -0.15) is 23.3 Å². The first-order valence-electron chi connectivity index (χ1n) is 9.60. The topological polar surface area (TPSA) is 108 Å². The summed E-state index contributed by atoms with van der Waals surface area (Å²) in [5.41, 5.74) is 1.20. The summed E-state index contributed by atoms with van der Waals surface area (Å²) in [6.07, 6.45) is -2.26. The van der Waals surface area contributed by atoms with Crippen LogP contribution in [0.25, 0.3) is 22.8 Å². The molecule has 33 heavy (non-hydrogen) atoms. The molecular weight excluding hydrogens is 441 g/mol. The highest BCUT2D eigenvalue weighted by molar-refractivity contribution is 5.95. The summed E-state index contributed by atoms with van der Waals surface area (Å²) >= 11 is 0. The maximum atomic E-state index is 12.7. The van der Waals surface area contributed by atoms with Crippen LogP contribution in [0, 0.1) is 0 Å². The van der Waals surface area contributed by atoms with Gasteiger partial charge in [0.25, 0.3) is 11.8 Å². The van der Waals surface area contributed by atoms with E-state index >= 15 is 0 Å². The number of aryl methyl sites for hydroxylation is 1. The van der Waals surface area contributed by atoms with Crippen LogP contribution in [0.1, 0.15) is 21.6 Å². The largest absolute Gasteiger partial charge is 0.471 e. The van der Waals surface area contributed by atoms with Crippen LogP contribution in [0.3, 0.4) is 0 Å². The molecule has 12 heteroatoms. The molecule has 3 heterocycles. The van der Waals surface area contributed by atoms with E-state index in [2.05, 4.69) is 25.5 Å². The van der Waals surface area contributed by atoms with Gasteiger partial charge in [-0.1, -0.05) is 17.3 Å². The molecule has 1 amide bonds. The van der Waals surface area contributed by atoms with Gasteiger partial charge < -0.3 is 14.6 Å². The van der Waals surface area contributed by atoms with Crippen LogP contribution < -0.4 is 10.1 Å². The first-order valence-corrected chi connectivity index (χ1v) is 9.60. The van der Waals surface area contributed by atoms with Crippen molar-refractivity contribution >= 4 is 5.91 Å². The van der Waals surface area contributed by atoms with E-state index in [9.17, 15) is 18.0 Å². The number of carbonyl (C=O) groups is 1. The van der Waals surface area contributed by atoms with Crippen LogP contribution in [0.5, 0.6) is 5.88 Å². The third-order valence-electron chi connectivity index (χ3n) is 4.75. The zero-order valence-electron chi connectivity index (χ0n) is 17.4. The first-order chi connectivity index (χ1) is 15.8. The van der Waals surface area contributed by atoms with Crippen LogP contribution in [-0.4, -0.2) is 37.9 Å². The molecule has 4 rings (SSSR count). The molecule has 170 valence electrons. The van der Waals surface area contributed by atoms with Crippen molar-refractivity contribution in [2.75, 3.05) is 7.05 Å². The van der Waals surface area contributed by atoms with Crippen LogP contribution in [-0.2, 0) is 19.8 Å². The van der Waals surface area contributed by atoms with E-state index in [-0.39, 0.29) is 30.1 Å². The maximum Gasteiger partial charge on any atom is 0.417 e. The number of nitrogens with one attached hydrogen (secondary N) is 1. The third kappa shape index (κ3) is 4.68. The van der Waals surface area contributed by atoms with Gasteiger partial charge in [-0.05, 0) is 18.2 Å². The van der Waals surface area contributed by atoms with E-state index in [0.29, 0.717) is 28.6 Å². The summed E-state index contributed by atoms with van der Waals surface area (Å²) in [5, 5.41) is 10.7.